The van der Waals surface area contributed by atoms with Gasteiger partial charge in [0.1, 0.15) is 11.6 Å². The van der Waals surface area contributed by atoms with Gasteiger partial charge in [0.25, 0.3) is 0 Å². The molecule has 0 radical (unpaired) electrons. The molecule has 1 heterocycles. The van der Waals surface area contributed by atoms with Crippen molar-refractivity contribution in [2.24, 2.45) is 0 Å². The van der Waals surface area contributed by atoms with Crippen molar-refractivity contribution in [3.63, 3.8) is 0 Å². The lowest BCUT2D eigenvalue weighted by Crippen LogP contribution is -2.18. The van der Waals surface area contributed by atoms with Crippen LogP contribution in [-0.2, 0) is 0 Å². The molecule has 0 saturated heterocycles. The van der Waals surface area contributed by atoms with Gasteiger partial charge in [-0.25, -0.2) is 9.97 Å². The minimum absolute atomic E-state index is 0.759. The van der Waals surface area contributed by atoms with E-state index in [1.165, 1.54) is 0 Å². The van der Waals surface area contributed by atoms with E-state index in [2.05, 4.69) is 34.0 Å². The lowest BCUT2D eigenvalue weighted by molar-refractivity contribution is 0.930. The van der Waals surface area contributed by atoms with Gasteiger partial charge in [-0.05, 0) is 13.8 Å². The van der Waals surface area contributed by atoms with Crippen molar-refractivity contribution >= 4 is 11.6 Å². The maximum atomic E-state index is 4.63. The van der Waals surface area contributed by atoms with Crippen LogP contribution in [0, 0.1) is 0 Å². The molecule has 0 fully saturated rings. The van der Waals surface area contributed by atoms with Gasteiger partial charge in [0.05, 0.1) is 0 Å². The van der Waals surface area contributed by atoms with Crippen LogP contribution >= 0.6 is 0 Å². The third-order valence-electron chi connectivity index (χ3n) is 2.97. The topological polar surface area (TPSA) is 41.0 Å². The Morgan fingerprint density at radius 2 is 1.84 bits per heavy atom. The molecule has 19 heavy (non-hydrogen) atoms. The molecule has 0 atom stereocenters. The molecule has 4 heteroatoms. The quantitative estimate of drug-likeness (QED) is 0.892. The molecule has 0 unspecified atom stereocenters. The normalized spacial score (nSPS) is 10.3. The summed E-state index contributed by atoms with van der Waals surface area (Å²) in [6.45, 7) is 5.93. The number of benzene rings is 1. The molecule has 0 spiro atoms. The lowest BCUT2D eigenvalue weighted by Gasteiger charge is -2.17. The van der Waals surface area contributed by atoms with Crippen LogP contribution in [0.4, 0.5) is 11.6 Å². The summed E-state index contributed by atoms with van der Waals surface area (Å²) in [6.07, 6.45) is 0. The van der Waals surface area contributed by atoms with Crippen LogP contribution in [0.15, 0.2) is 36.4 Å². The van der Waals surface area contributed by atoms with E-state index in [0.717, 1.165) is 36.1 Å². The Labute approximate surface area is 114 Å². The van der Waals surface area contributed by atoms with E-state index >= 15 is 0 Å². The molecule has 100 valence electrons. The van der Waals surface area contributed by atoms with Crippen molar-refractivity contribution in [1.82, 2.24) is 9.97 Å². The second kappa shape index (κ2) is 6.18. The predicted molar refractivity (Wildman–Crippen MR) is 80.6 cm³/mol. The first-order chi connectivity index (χ1) is 9.24. The first-order valence-electron chi connectivity index (χ1n) is 6.64. The molecule has 0 bridgehead atoms. The number of anilines is 2. The predicted octanol–water partition coefficient (Wildman–Crippen LogP) is 3.03. The van der Waals surface area contributed by atoms with Gasteiger partial charge in [0.15, 0.2) is 5.82 Å². The molecule has 4 nitrogen and oxygen atoms in total. The van der Waals surface area contributed by atoms with Crippen molar-refractivity contribution in [2.75, 3.05) is 30.4 Å². The standard InChI is InChI=1S/C15H20N4/c1-4-16-13-11-14(19(3)5-2)18-15(17-13)12-9-7-6-8-10-12/h6-11H,4-5H2,1-3H3,(H,16,17,18). The summed E-state index contributed by atoms with van der Waals surface area (Å²) in [5.41, 5.74) is 1.04. The van der Waals surface area contributed by atoms with Crippen molar-refractivity contribution in [3.05, 3.63) is 36.4 Å². The number of aromatic nitrogens is 2. The van der Waals surface area contributed by atoms with Gasteiger partial charge in [-0.3, -0.25) is 0 Å². The van der Waals surface area contributed by atoms with E-state index in [-0.39, 0.29) is 0 Å². The lowest BCUT2D eigenvalue weighted by atomic mass is 10.2. The monoisotopic (exact) mass is 256 g/mol. The highest BCUT2D eigenvalue weighted by Crippen LogP contribution is 2.21. The molecule has 0 saturated carbocycles. The average Bonchev–Trinajstić information content (AvgIpc) is 2.47. The summed E-state index contributed by atoms with van der Waals surface area (Å²) in [4.78, 5) is 11.3. The van der Waals surface area contributed by atoms with Crippen molar-refractivity contribution in [3.8, 4) is 11.4 Å². The Bertz CT molecular complexity index is 525. The smallest absolute Gasteiger partial charge is 0.163 e. The molecular formula is C15H20N4. The van der Waals surface area contributed by atoms with E-state index in [4.69, 9.17) is 0 Å². The van der Waals surface area contributed by atoms with Gasteiger partial charge in [-0.15, -0.1) is 0 Å². The van der Waals surface area contributed by atoms with Crippen LogP contribution in [0.1, 0.15) is 13.8 Å². The zero-order chi connectivity index (χ0) is 13.7. The van der Waals surface area contributed by atoms with Crippen molar-refractivity contribution in [1.29, 1.82) is 0 Å². The minimum atomic E-state index is 0.759. The third kappa shape index (κ3) is 3.22. The molecule has 2 rings (SSSR count). The van der Waals surface area contributed by atoms with Gasteiger partial charge < -0.3 is 10.2 Å². The summed E-state index contributed by atoms with van der Waals surface area (Å²) in [5.74, 6) is 2.56. The van der Waals surface area contributed by atoms with E-state index < -0.39 is 0 Å². The van der Waals surface area contributed by atoms with Crippen LogP contribution in [0.25, 0.3) is 11.4 Å². The maximum absolute atomic E-state index is 4.63. The molecule has 0 aliphatic heterocycles. The molecule has 0 aliphatic carbocycles. The fourth-order valence-corrected chi connectivity index (χ4v) is 1.78. The Morgan fingerprint density at radius 1 is 1.11 bits per heavy atom. The van der Waals surface area contributed by atoms with E-state index in [9.17, 15) is 0 Å². The second-order valence-corrected chi connectivity index (χ2v) is 4.35. The van der Waals surface area contributed by atoms with Gasteiger partial charge >= 0.3 is 0 Å². The van der Waals surface area contributed by atoms with E-state index in [1.807, 2.05) is 43.4 Å². The summed E-state index contributed by atoms with van der Waals surface area (Å²) >= 11 is 0. The largest absolute Gasteiger partial charge is 0.370 e. The molecule has 1 aromatic heterocycles. The van der Waals surface area contributed by atoms with Crippen LogP contribution in [0.3, 0.4) is 0 Å². The van der Waals surface area contributed by atoms with Gasteiger partial charge in [-0.1, -0.05) is 30.3 Å². The zero-order valence-corrected chi connectivity index (χ0v) is 11.7. The second-order valence-electron chi connectivity index (χ2n) is 4.35. The van der Waals surface area contributed by atoms with Crippen molar-refractivity contribution < 1.29 is 0 Å². The SMILES string of the molecule is CCNc1cc(N(C)CC)nc(-c2ccccc2)n1. The highest BCUT2D eigenvalue weighted by Gasteiger charge is 2.08. The molecule has 1 aromatic carbocycles. The van der Waals surface area contributed by atoms with Gasteiger partial charge in [0.2, 0.25) is 0 Å². The Balaban J connectivity index is 2.45. The molecule has 2 aromatic rings. The Morgan fingerprint density at radius 3 is 2.47 bits per heavy atom. The fraction of sp³-hybridized carbons (Fsp3) is 0.333. The number of nitrogens with one attached hydrogen (secondary N) is 1. The third-order valence-corrected chi connectivity index (χ3v) is 2.97. The zero-order valence-electron chi connectivity index (χ0n) is 11.7. The van der Waals surface area contributed by atoms with Crippen LogP contribution in [0.5, 0.6) is 0 Å². The number of hydrogen-bond donors (Lipinski definition) is 1. The van der Waals surface area contributed by atoms with Gasteiger partial charge in [0, 0.05) is 31.8 Å². The molecule has 0 amide bonds. The summed E-state index contributed by atoms with van der Waals surface area (Å²) in [6, 6.07) is 12.0. The highest BCUT2D eigenvalue weighted by molar-refractivity contribution is 5.61. The molecule has 0 aliphatic rings. The molecule has 1 N–H and O–H groups in total. The molecular weight excluding hydrogens is 236 g/mol. The van der Waals surface area contributed by atoms with Gasteiger partial charge in [-0.2, -0.15) is 0 Å². The van der Waals surface area contributed by atoms with Crippen LogP contribution in [0.2, 0.25) is 0 Å². The van der Waals surface area contributed by atoms with E-state index in [0.29, 0.717) is 0 Å². The summed E-state index contributed by atoms with van der Waals surface area (Å²) < 4.78 is 0. The summed E-state index contributed by atoms with van der Waals surface area (Å²) in [5, 5.41) is 3.26. The minimum Gasteiger partial charge on any atom is -0.370 e. The highest BCUT2D eigenvalue weighted by atomic mass is 15.2. The first-order valence-corrected chi connectivity index (χ1v) is 6.64. The Hall–Kier alpha value is -2.10. The van der Waals surface area contributed by atoms with Crippen LogP contribution in [-0.4, -0.2) is 30.1 Å². The Kier molecular flexibility index (Phi) is 4.34. The number of hydrogen-bond acceptors (Lipinski definition) is 4. The average molecular weight is 256 g/mol. The maximum Gasteiger partial charge on any atom is 0.163 e. The van der Waals surface area contributed by atoms with Crippen LogP contribution < -0.4 is 10.2 Å². The summed E-state index contributed by atoms with van der Waals surface area (Å²) in [7, 11) is 2.03. The van der Waals surface area contributed by atoms with Crippen molar-refractivity contribution in [2.45, 2.75) is 13.8 Å². The van der Waals surface area contributed by atoms with E-state index in [1.54, 1.807) is 0 Å². The number of nitrogens with zero attached hydrogens (tertiary/aromatic N) is 3. The fourth-order valence-electron chi connectivity index (χ4n) is 1.78. The number of rotatable bonds is 5. The first kappa shape index (κ1) is 13.3.